The van der Waals surface area contributed by atoms with Crippen LogP contribution in [0.2, 0.25) is 0 Å². The van der Waals surface area contributed by atoms with Gasteiger partial charge in [0.1, 0.15) is 5.75 Å². The number of piperidine rings is 1. The molecule has 0 aromatic heterocycles. The summed E-state index contributed by atoms with van der Waals surface area (Å²) in [6.07, 6.45) is 5.46. The molecule has 23 heavy (non-hydrogen) atoms. The molecule has 1 aliphatic heterocycles. The SMILES string of the molecule is CCCCCOc1cccc(CN2CCCC(C(=O)NN)C2)c1. The van der Waals surface area contributed by atoms with Gasteiger partial charge in [0.05, 0.1) is 12.5 Å². The van der Waals surface area contributed by atoms with Crippen molar-refractivity contribution in [2.24, 2.45) is 11.8 Å². The molecule has 128 valence electrons. The Labute approximate surface area is 139 Å². The maximum absolute atomic E-state index is 11.7. The Morgan fingerprint density at radius 2 is 2.30 bits per heavy atom. The van der Waals surface area contributed by atoms with Crippen molar-refractivity contribution in [3.05, 3.63) is 29.8 Å². The molecule has 1 aromatic rings. The maximum atomic E-state index is 11.7. The number of likely N-dealkylation sites (tertiary alicyclic amines) is 1. The summed E-state index contributed by atoms with van der Waals surface area (Å²) in [6.45, 7) is 5.61. The zero-order valence-electron chi connectivity index (χ0n) is 14.1. The molecule has 1 fully saturated rings. The van der Waals surface area contributed by atoms with Gasteiger partial charge in [0.25, 0.3) is 0 Å². The van der Waals surface area contributed by atoms with E-state index in [2.05, 4.69) is 29.4 Å². The van der Waals surface area contributed by atoms with Crippen LogP contribution in [0.1, 0.15) is 44.6 Å². The van der Waals surface area contributed by atoms with Crippen molar-refractivity contribution >= 4 is 5.91 Å². The van der Waals surface area contributed by atoms with Gasteiger partial charge in [-0.05, 0) is 43.5 Å². The number of nitrogens with zero attached hydrogens (tertiary/aromatic N) is 1. The van der Waals surface area contributed by atoms with Crippen molar-refractivity contribution in [1.82, 2.24) is 10.3 Å². The lowest BCUT2D eigenvalue weighted by Gasteiger charge is -2.31. The summed E-state index contributed by atoms with van der Waals surface area (Å²) in [5, 5.41) is 0. The summed E-state index contributed by atoms with van der Waals surface area (Å²) in [4.78, 5) is 14.0. The highest BCUT2D eigenvalue weighted by atomic mass is 16.5. The molecule has 1 atom stereocenters. The molecule has 3 N–H and O–H groups in total. The molecule has 1 heterocycles. The molecule has 1 saturated heterocycles. The Balaban J connectivity index is 1.85. The Bertz CT molecular complexity index is 493. The molecule has 0 saturated carbocycles. The van der Waals surface area contributed by atoms with Crippen LogP contribution in [0.4, 0.5) is 0 Å². The second-order valence-electron chi connectivity index (χ2n) is 6.29. The third-order valence-electron chi connectivity index (χ3n) is 4.34. The van der Waals surface area contributed by atoms with Gasteiger partial charge in [0.15, 0.2) is 0 Å². The number of unbranched alkanes of at least 4 members (excludes halogenated alkanes) is 2. The molecule has 1 aromatic carbocycles. The summed E-state index contributed by atoms with van der Waals surface area (Å²) >= 11 is 0. The van der Waals surface area contributed by atoms with E-state index in [0.717, 1.165) is 51.3 Å². The second kappa shape index (κ2) is 9.53. The average molecular weight is 319 g/mol. The van der Waals surface area contributed by atoms with E-state index >= 15 is 0 Å². The molecule has 5 heteroatoms. The molecule has 0 bridgehead atoms. The number of ether oxygens (including phenoxy) is 1. The van der Waals surface area contributed by atoms with Crippen molar-refractivity contribution in [3.63, 3.8) is 0 Å². The van der Waals surface area contributed by atoms with Crippen molar-refractivity contribution in [2.45, 2.75) is 45.6 Å². The third kappa shape index (κ3) is 5.84. The summed E-state index contributed by atoms with van der Waals surface area (Å²) in [5.74, 6) is 6.14. The van der Waals surface area contributed by atoms with Gasteiger partial charge in [0.2, 0.25) is 5.91 Å². The third-order valence-corrected chi connectivity index (χ3v) is 4.34. The number of carbonyl (C=O) groups is 1. The summed E-state index contributed by atoms with van der Waals surface area (Å²) in [7, 11) is 0. The molecule has 2 rings (SSSR count). The van der Waals surface area contributed by atoms with Crippen molar-refractivity contribution in [3.8, 4) is 5.75 Å². The van der Waals surface area contributed by atoms with Crippen LogP contribution in [0.15, 0.2) is 24.3 Å². The fourth-order valence-corrected chi connectivity index (χ4v) is 3.06. The topological polar surface area (TPSA) is 67.6 Å². The van der Waals surface area contributed by atoms with E-state index in [1.807, 2.05) is 12.1 Å². The van der Waals surface area contributed by atoms with Crippen molar-refractivity contribution in [2.75, 3.05) is 19.7 Å². The summed E-state index contributed by atoms with van der Waals surface area (Å²) < 4.78 is 5.82. The second-order valence-corrected chi connectivity index (χ2v) is 6.29. The first-order valence-corrected chi connectivity index (χ1v) is 8.67. The molecule has 5 nitrogen and oxygen atoms in total. The van der Waals surface area contributed by atoms with Crippen LogP contribution in [0.25, 0.3) is 0 Å². The van der Waals surface area contributed by atoms with E-state index in [0.29, 0.717) is 0 Å². The monoisotopic (exact) mass is 319 g/mol. The van der Waals surface area contributed by atoms with Gasteiger partial charge in [-0.2, -0.15) is 0 Å². The highest BCUT2D eigenvalue weighted by Crippen LogP contribution is 2.20. The Morgan fingerprint density at radius 1 is 1.43 bits per heavy atom. The van der Waals surface area contributed by atoms with Gasteiger partial charge in [0, 0.05) is 13.1 Å². The quantitative estimate of drug-likeness (QED) is 0.334. The van der Waals surface area contributed by atoms with Crippen LogP contribution in [0.5, 0.6) is 5.75 Å². The van der Waals surface area contributed by atoms with E-state index in [1.54, 1.807) is 0 Å². The Hall–Kier alpha value is -1.59. The Kier molecular flexibility index (Phi) is 7.36. The number of hydrogen-bond donors (Lipinski definition) is 2. The standard InChI is InChI=1S/C18H29N3O2/c1-2-3-4-11-23-17-9-5-7-15(12-17)13-21-10-6-8-16(14-21)18(22)20-19/h5,7,9,12,16H,2-4,6,8,10-11,13-14,19H2,1H3,(H,20,22). The molecule has 0 radical (unpaired) electrons. The highest BCUT2D eigenvalue weighted by Gasteiger charge is 2.25. The first kappa shape index (κ1) is 17.8. The molecular weight excluding hydrogens is 290 g/mol. The van der Waals surface area contributed by atoms with Crippen LogP contribution >= 0.6 is 0 Å². The van der Waals surface area contributed by atoms with E-state index in [1.165, 1.54) is 18.4 Å². The minimum absolute atomic E-state index is 0.00206. The van der Waals surface area contributed by atoms with Crippen LogP contribution in [-0.2, 0) is 11.3 Å². The smallest absolute Gasteiger partial charge is 0.238 e. The maximum Gasteiger partial charge on any atom is 0.238 e. The van der Waals surface area contributed by atoms with Crippen molar-refractivity contribution in [1.29, 1.82) is 0 Å². The van der Waals surface area contributed by atoms with Gasteiger partial charge in [-0.15, -0.1) is 0 Å². The molecule has 1 unspecified atom stereocenters. The fraction of sp³-hybridized carbons (Fsp3) is 0.611. The zero-order chi connectivity index (χ0) is 16.5. The predicted molar refractivity (Wildman–Crippen MR) is 91.8 cm³/mol. The number of nitrogens with two attached hydrogens (primary N) is 1. The lowest BCUT2D eigenvalue weighted by atomic mass is 9.97. The molecule has 1 amide bonds. The first-order chi connectivity index (χ1) is 11.2. The van der Waals surface area contributed by atoms with E-state index in [4.69, 9.17) is 10.6 Å². The number of nitrogens with one attached hydrogen (secondary N) is 1. The minimum atomic E-state index is -0.0530. The predicted octanol–water partition coefficient (Wildman–Crippen LogP) is 2.46. The van der Waals surface area contributed by atoms with E-state index in [-0.39, 0.29) is 11.8 Å². The number of benzene rings is 1. The van der Waals surface area contributed by atoms with E-state index < -0.39 is 0 Å². The number of hydrogen-bond acceptors (Lipinski definition) is 4. The lowest BCUT2D eigenvalue weighted by Crippen LogP contribution is -2.44. The largest absolute Gasteiger partial charge is 0.494 e. The minimum Gasteiger partial charge on any atom is -0.494 e. The fourth-order valence-electron chi connectivity index (χ4n) is 3.06. The first-order valence-electron chi connectivity index (χ1n) is 8.67. The zero-order valence-corrected chi connectivity index (χ0v) is 14.1. The number of hydrazine groups is 1. The molecule has 0 aliphatic carbocycles. The van der Waals surface area contributed by atoms with Crippen LogP contribution in [-0.4, -0.2) is 30.5 Å². The van der Waals surface area contributed by atoms with Gasteiger partial charge in [-0.1, -0.05) is 31.9 Å². The Morgan fingerprint density at radius 3 is 3.09 bits per heavy atom. The number of carbonyl (C=O) groups excluding carboxylic acids is 1. The molecule has 1 aliphatic rings. The normalized spacial score (nSPS) is 18.6. The number of amides is 1. The van der Waals surface area contributed by atoms with E-state index in [9.17, 15) is 4.79 Å². The average Bonchev–Trinajstić information content (AvgIpc) is 2.58. The van der Waals surface area contributed by atoms with Crippen LogP contribution < -0.4 is 16.0 Å². The van der Waals surface area contributed by atoms with Crippen molar-refractivity contribution < 1.29 is 9.53 Å². The molecular formula is C18H29N3O2. The summed E-state index contributed by atoms with van der Waals surface area (Å²) in [5.41, 5.74) is 3.50. The van der Waals surface area contributed by atoms with Gasteiger partial charge < -0.3 is 4.74 Å². The van der Waals surface area contributed by atoms with Gasteiger partial charge >= 0.3 is 0 Å². The number of rotatable bonds is 8. The van der Waals surface area contributed by atoms with Crippen LogP contribution in [0, 0.1) is 5.92 Å². The molecule has 0 spiro atoms. The van der Waals surface area contributed by atoms with Gasteiger partial charge in [-0.3, -0.25) is 15.1 Å². The van der Waals surface area contributed by atoms with Gasteiger partial charge in [-0.25, -0.2) is 5.84 Å². The highest BCUT2D eigenvalue weighted by molar-refractivity contribution is 5.78. The van der Waals surface area contributed by atoms with Crippen LogP contribution in [0.3, 0.4) is 0 Å². The summed E-state index contributed by atoms with van der Waals surface area (Å²) in [6, 6.07) is 8.28. The lowest BCUT2D eigenvalue weighted by molar-refractivity contribution is -0.126.